The minimum Gasteiger partial charge on any atom is -0.398 e. The van der Waals surface area contributed by atoms with Gasteiger partial charge in [-0.1, -0.05) is 11.6 Å². The van der Waals surface area contributed by atoms with Gasteiger partial charge in [0.2, 0.25) is 0 Å². The molecule has 0 bridgehead atoms. The molecule has 0 aliphatic carbocycles. The van der Waals surface area contributed by atoms with Crippen molar-refractivity contribution in [2.75, 3.05) is 5.73 Å². The Hall–Kier alpha value is -1.55. The van der Waals surface area contributed by atoms with E-state index in [1.807, 2.05) is 13.0 Å². The summed E-state index contributed by atoms with van der Waals surface area (Å²) in [4.78, 5) is 4.19. The molecular weight excluding hydrogens is 200 g/mol. The Balaban J connectivity index is 2.47. The molecule has 1 aromatic carbocycles. The SMILES string of the molecule is Cc1nc(-c2ccc(N)c(Cl)c2)n[nH]1. The smallest absolute Gasteiger partial charge is 0.181 e. The van der Waals surface area contributed by atoms with Crippen molar-refractivity contribution in [3.8, 4) is 11.4 Å². The normalized spacial score (nSPS) is 10.4. The second kappa shape index (κ2) is 3.31. The van der Waals surface area contributed by atoms with Crippen LogP contribution in [0.2, 0.25) is 5.02 Å². The average molecular weight is 209 g/mol. The lowest BCUT2D eigenvalue weighted by molar-refractivity contribution is 1.04. The summed E-state index contributed by atoms with van der Waals surface area (Å²) >= 11 is 5.88. The fraction of sp³-hybridized carbons (Fsp3) is 0.111. The summed E-state index contributed by atoms with van der Waals surface area (Å²) in [5.41, 5.74) is 7.00. The summed E-state index contributed by atoms with van der Waals surface area (Å²) in [5, 5.41) is 7.31. The van der Waals surface area contributed by atoms with E-state index >= 15 is 0 Å². The van der Waals surface area contributed by atoms with Crippen LogP contribution in [0.3, 0.4) is 0 Å². The van der Waals surface area contributed by atoms with E-state index in [-0.39, 0.29) is 0 Å². The summed E-state index contributed by atoms with van der Waals surface area (Å²) in [7, 11) is 0. The van der Waals surface area contributed by atoms with Crippen molar-refractivity contribution in [1.29, 1.82) is 0 Å². The van der Waals surface area contributed by atoms with Gasteiger partial charge >= 0.3 is 0 Å². The van der Waals surface area contributed by atoms with Crippen LogP contribution in [-0.4, -0.2) is 15.2 Å². The zero-order valence-electron chi connectivity index (χ0n) is 7.58. The van der Waals surface area contributed by atoms with E-state index in [1.54, 1.807) is 12.1 Å². The zero-order valence-corrected chi connectivity index (χ0v) is 8.34. The summed E-state index contributed by atoms with van der Waals surface area (Å²) in [6, 6.07) is 5.33. The topological polar surface area (TPSA) is 67.6 Å². The molecule has 0 radical (unpaired) electrons. The van der Waals surface area contributed by atoms with Crippen LogP contribution >= 0.6 is 11.6 Å². The van der Waals surface area contributed by atoms with Gasteiger partial charge in [0, 0.05) is 5.56 Å². The Morgan fingerprint density at radius 2 is 2.21 bits per heavy atom. The molecule has 4 nitrogen and oxygen atoms in total. The van der Waals surface area contributed by atoms with Crippen LogP contribution in [0.1, 0.15) is 5.82 Å². The number of nitrogens with zero attached hydrogens (tertiary/aromatic N) is 2. The summed E-state index contributed by atoms with van der Waals surface area (Å²) in [6.45, 7) is 1.84. The highest BCUT2D eigenvalue weighted by Crippen LogP contribution is 2.24. The lowest BCUT2D eigenvalue weighted by Gasteiger charge is -1.99. The van der Waals surface area contributed by atoms with E-state index in [1.165, 1.54) is 0 Å². The standard InChI is InChI=1S/C9H9ClN4/c1-5-12-9(14-13-5)6-2-3-8(11)7(10)4-6/h2-4H,11H2,1H3,(H,12,13,14). The highest BCUT2D eigenvalue weighted by atomic mass is 35.5. The van der Waals surface area contributed by atoms with Gasteiger partial charge in [0.15, 0.2) is 5.82 Å². The Morgan fingerprint density at radius 3 is 2.79 bits per heavy atom. The monoisotopic (exact) mass is 208 g/mol. The number of rotatable bonds is 1. The highest BCUT2D eigenvalue weighted by Gasteiger charge is 2.05. The molecule has 2 rings (SSSR count). The van der Waals surface area contributed by atoms with Crippen LogP contribution in [0.15, 0.2) is 18.2 Å². The van der Waals surface area contributed by atoms with Crippen LogP contribution in [0.4, 0.5) is 5.69 Å². The van der Waals surface area contributed by atoms with E-state index in [0.717, 1.165) is 11.4 Å². The van der Waals surface area contributed by atoms with Gasteiger partial charge in [-0.15, -0.1) is 0 Å². The number of nitrogen functional groups attached to an aromatic ring is 1. The molecule has 1 aromatic heterocycles. The number of aryl methyl sites for hydroxylation is 1. The van der Waals surface area contributed by atoms with Crippen molar-refractivity contribution in [2.45, 2.75) is 6.92 Å². The minimum atomic E-state index is 0.518. The molecule has 72 valence electrons. The average Bonchev–Trinajstić information content (AvgIpc) is 2.57. The molecule has 3 N–H and O–H groups in total. The lowest BCUT2D eigenvalue weighted by Crippen LogP contribution is -1.87. The number of hydrogen-bond donors (Lipinski definition) is 2. The van der Waals surface area contributed by atoms with Crippen LogP contribution in [0.25, 0.3) is 11.4 Å². The van der Waals surface area contributed by atoms with Gasteiger partial charge in [-0.2, -0.15) is 5.10 Å². The molecule has 0 atom stereocenters. The van der Waals surface area contributed by atoms with Crippen molar-refractivity contribution >= 4 is 17.3 Å². The molecule has 14 heavy (non-hydrogen) atoms. The van der Waals surface area contributed by atoms with Gasteiger partial charge in [0.25, 0.3) is 0 Å². The van der Waals surface area contributed by atoms with Gasteiger partial charge < -0.3 is 5.73 Å². The van der Waals surface area contributed by atoms with Gasteiger partial charge in [-0.05, 0) is 25.1 Å². The van der Waals surface area contributed by atoms with Gasteiger partial charge in [0.1, 0.15) is 5.82 Å². The van der Waals surface area contributed by atoms with Crippen LogP contribution in [0.5, 0.6) is 0 Å². The number of benzene rings is 1. The molecule has 0 spiro atoms. The molecule has 0 amide bonds. The summed E-state index contributed by atoms with van der Waals surface area (Å²) < 4.78 is 0. The Morgan fingerprint density at radius 1 is 1.43 bits per heavy atom. The maximum Gasteiger partial charge on any atom is 0.181 e. The molecule has 0 saturated heterocycles. The molecule has 0 aliphatic rings. The lowest BCUT2D eigenvalue weighted by atomic mass is 10.2. The van der Waals surface area contributed by atoms with Crippen LogP contribution in [-0.2, 0) is 0 Å². The number of H-pyrrole nitrogens is 1. The molecule has 1 heterocycles. The zero-order chi connectivity index (χ0) is 10.1. The fourth-order valence-electron chi connectivity index (χ4n) is 1.14. The minimum absolute atomic E-state index is 0.518. The quantitative estimate of drug-likeness (QED) is 0.705. The van der Waals surface area contributed by atoms with Crippen molar-refractivity contribution in [1.82, 2.24) is 15.2 Å². The van der Waals surface area contributed by atoms with E-state index in [4.69, 9.17) is 17.3 Å². The molecular formula is C9H9ClN4. The van der Waals surface area contributed by atoms with Crippen molar-refractivity contribution in [3.05, 3.63) is 29.0 Å². The number of nitrogens with two attached hydrogens (primary N) is 1. The second-order valence-electron chi connectivity index (χ2n) is 2.98. The first-order valence-electron chi connectivity index (χ1n) is 4.11. The van der Waals surface area contributed by atoms with Crippen molar-refractivity contribution in [3.63, 3.8) is 0 Å². The van der Waals surface area contributed by atoms with E-state index < -0.39 is 0 Å². The molecule has 0 unspecified atom stereocenters. The second-order valence-corrected chi connectivity index (χ2v) is 3.39. The number of nitrogens with one attached hydrogen (secondary N) is 1. The molecule has 0 fully saturated rings. The molecule has 2 aromatic rings. The Kier molecular flexibility index (Phi) is 2.13. The first-order valence-corrected chi connectivity index (χ1v) is 4.49. The fourth-order valence-corrected chi connectivity index (χ4v) is 1.32. The van der Waals surface area contributed by atoms with E-state index in [2.05, 4.69) is 15.2 Å². The molecule has 5 heteroatoms. The maximum absolute atomic E-state index is 5.88. The number of aromatic nitrogens is 3. The number of halogens is 1. The van der Waals surface area contributed by atoms with Crippen molar-refractivity contribution in [2.24, 2.45) is 0 Å². The van der Waals surface area contributed by atoms with Crippen LogP contribution in [0, 0.1) is 6.92 Å². The number of aromatic amines is 1. The summed E-state index contributed by atoms with van der Waals surface area (Å²) in [6.07, 6.45) is 0. The third-order valence-corrected chi connectivity index (χ3v) is 2.18. The first-order chi connectivity index (χ1) is 6.66. The predicted molar refractivity (Wildman–Crippen MR) is 56.0 cm³/mol. The third-order valence-electron chi connectivity index (χ3n) is 1.86. The van der Waals surface area contributed by atoms with Gasteiger partial charge in [-0.25, -0.2) is 4.98 Å². The Labute approximate surface area is 86.1 Å². The largest absolute Gasteiger partial charge is 0.398 e. The maximum atomic E-state index is 5.88. The predicted octanol–water partition coefficient (Wildman–Crippen LogP) is 2.02. The first kappa shape index (κ1) is 9.02. The van der Waals surface area contributed by atoms with Crippen LogP contribution < -0.4 is 5.73 Å². The Bertz CT molecular complexity index is 464. The number of hydrogen-bond acceptors (Lipinski definition) is 3. The van der Waals surface area contributed by atoms with Gasteiger partial charge in [-0.3, -0.25) is 5.10 Å². The molecule has 0 aliphatic heterocycles. The van der Waals surface area contributed by atoms with E-state index in [9.17, 15) is 0 Å². The summed E-state index contributed by atoms with van der Waals surface area (Å²) in [5.74, 6) is 1.40. The molecule has 0 saturated carbocycles. The highest BCUT2D eigenvalue weighted by molar-refractivity contribution is 6.33. The van der Waals surface area contributed by atoms with Gasteiger partial charge in [0.05, 0.1) is 10.7 Å². The number of anilines is 1. The van der Waals surface area contributed by atoms with E-state index in [0.29, 0.717) is 16.5 Å². The van der Waals surface area contributed by atoms with Crippen molar-refractivity contribution < 1.29 is 0 Å². The third kappa shape index (κ3) is 1.56.